The van der Waals surface area contributed by atoms with Crippen LogP contribution < -0.4 is 5.32 Å². The molecule has 0 unspecified atom stereocenters. The standard InChI is InChI=1S/C21H23F3N4O.ClH/c22-21(23,24)17-4-2-1-3-15(17)12-7-13-10-28(11-14(13)8-12)20(29)19-16-9-25-6-5-18(16)26-27-19;/h1-4,12-14,25H,5-11H2,(H,26,27);1H/t12-,13-,14+;. The third-order valence-corrected chi connectivity index (χ3v) is 6.75. The maximum atomic E-state index is 13.4. The molecule has 2 fully saturated rings. The van der Waals surface area contributed by atoms with Crippen molar-refractivity contribution in [2.24, 2.45) is 11.8 Å². The zero-order chi connectivity index (χ0) is 20.2. The van der Waals surface area contributed by atoms with E-state index >= 15 is 0 Å². The maximum Gasteiger partial charge on any atom is 0.416 e. The number of alkyl halides is 3. The maximum absolute atomic E-state index is 13.4. The largest absolute Gasteiger partial charge is 0.416 e. The fraction of sp³-hybridized carbons (Fsp3) is 0.524. The Morgan fingerprint density at radius 3 is 2.53 bits per heavy atom. The highest BCUT2D eigenvalue weighted by Crippen LogP contribution is 2.49. The number of likely N-dealkylation sites (tertiary alicyclic amines) is 1. The van der Waals surface area contributed by atoms with Crippen molar-refractivity contribution in [3.05, 3.63) is 52.3 Å². The molecule has 5 rings (SSSR count). The summed E-state index contributed by atoms with van der Waals surface area (Å²) < 4.78 is 40.2. The summed E-state index contributed by atoms with van der Waals surface area (Å²) in [6, 6.07) is 5.92. The minimum Gasteiger partial charge on any atom is -0.337 e. The Morgan fingerprint density at radius 2 is 1.83 bits per heavy atom. The molecule has 0 bridgehead atoms. The summed E-state index contributed by atoms with van der Waals surface area (Å²) in [5.41, 5.74) is 2.35. The number of aromatic nitrogens is 2. The molecule has 0 spiro atoms. The number of hydrogen-bond donors (Lipinski definition) is 2. The van der Waals surface area contributed by atoms with Crippen LogP contribution in [0.25, 0.3) is 0 Å². The Balaban J connectivity index is 0.00000218. The Morgan fingerprint density at radius 1 is 1.13 bits per heavy atom. The van der Waals surface area contributed by atoms with Crippen LogP contribution in [0, 0.1) is 11.8 Å². The first-order valence-electron chi connectivity index (χ1n) is 10.1. The minimum absolute atomic E-state index is 0. The van der Waals surface area contributed by atoms with E-state index in [-0.39, 0.29) is 36.1 Å². The van der Waals surface area contributed by atoms with Gasteiger partial charge < -0.3 is 10.2 Å². The fourth-order valence-corrected chi connectivity index (χ4v) is 5.38. The van der Waals surface area contributed by atoms with Gasteiger partial charge in [0.15, 0.2) is 5.69 Å². The first-order valence-corrected chi connectivity index (χ1v) is 10.1. The number of aromatic amines is 1. The molecule has 1 aromatic carbocycles. The molecule has 2 N–H and O–H groups in total. The summed E-state index contributed by atoms with van der Waals surface area (Å²) >= 11 is 0. The molecule has 1 amide bonds. The number of benzene rings is 1. The highest BCUT2D eigenvalue weighted by molar-refractivity contribution is 5.94. The van der Waals surface area contributed by atoms with Crippen LogP contribution in [0.3, 0.4) is 0 Å². The van der Waals surface area contributed by atoms with Gasteiger partial charge in [0.25, 0.3) is 5.91 Å². The molecule has 3 aliphatic rings. The lowest BCUT2D eigenvalue weighted by Gasteiger charge is -2.21. The van der Waals surface area contributed by atoms with Gasteiger partial charge >= 0.3 is 6.18 Å². The number of carbonyl (C=O) groups excluding carboxylic acids is 1. The summed E-state index contributed by atoms with van der Waals surface area (Å²) in [5, 5.41) is 10.5. The Labute approximate surface area is 178 Å². The molecule has 3 atom stereocenters. The molecular weight excluding hydrogens is 417 g/mol. The van der Waals surface area contributed by atoms with E-state index in [1.807, 2.05) is 4.90 Å². The first kappa shape index (κ1) is 21.2. The fourth-order valence-electron chi connectivity index (χ4n) is 5.38. The Kier molecular flexibility index (Phi) is 5.57. The van der Waals surface area contributed by atoms with Gasteiger partial charge in [-0.05, 0) is 42.2 Å². The van der Waals surface area contributed by atoms with Gasteiger partial charge in [0.2, 0.25) is 0 Å². The van der Waals surface area contributed by atoms with Gasteiger partial charge in [-0.25, -0.2) is 0 Å². The lowest BCUT2D eigenvalue weighted by molar-refractivity contribution is -0.138. The monoisotopic (exact) mass is 440 g/mol. The van der Waals surface area contributed by atoms with E-state index in [0.717, 1.165) is 24.2 Å². The van der Waals surface area contributed by atoms with Gasteiger partial charge in [-0.3, -0.25) is 9.89 Å². The van der Waals surface area contributed by atoms with Crippen molar-refractivity contribution in [3.8, 4) is 0 Å². The van der Waals surface area contributed by atoms with Crippen molar-refractivity contribution in [3.63, 3.8) is 0 Å². The molecule has 5 nitrogen and oxygen atoms in total. The van der Waals surface area contributed by atoms with Crippen molar-refractivity contribution < 1.29 is 18.0 Å². The van der Waals surface area contributed by atoms with Crippen molar-refractivity contribution in [1.82, 2.24) is 20.4 Å². The van der Waals surface area contributed by atoms with Crippen LogP contribution in [0.4, 0.5) is 13.2 Å². The predicted molar refractivity (Wildman–Crippen MR) is 108 cm³/mol. The first-order chi connectivity index (χ1) is 13.9. The molecule has 162 valence electrons. The zero-order valence-corrected chi connectivity index (χ0v) is 17.2. The number of halogens is 4. The Hall–Kier alpha value is -2.06. The van der Waals surface area contributed by atoms with Crippen LogP contribution >= 0.6 is 12.4 Å². The summed E-state index contributed by atoms with van der Waals surface area (Å²) in [4.78, 5) is 14.9. The van der Waals surface area contributed by atoms with Crippen LogP contribution in [-0.2, 0) is 19.1 Å². The van der Waals surface area contributed by atoms with Crippen LogP contribution in [0.2, 0.25) is 0 Å². The highest BCUT2D eigenvalue weighted by atomic mass is 35.5. The van der Waals surface area contributed by atoms with Crippen molar-refractivity contribution in [2.45, 2.75) is 37.9 Å². The molecule has 9 heteroatoms. The van der Waals surface area contributed by atoms with Gasteiger partial charge in [0, 0.05) is 43.9 Å². The van der Waals surface area contributed by atoms with E-state index in [0.29, 0.717) is 43.7 Å². The van der Waals surface area contributed by atoms with E-state index in [1.54, 1.807) is 12.1 Å². The van der Waals surface area contributed by atoms with Crippen LogP contribution in [0.15, 0.2) is 24.3 Å². The van der Waals surface area contributed by atoms with Crippen molar-refractivity contribution >= 4 is 18.3 Å². The minimum atomic E-state index is -4.33. The average Bonchev–Trinajstić information content (AvgIpc) is 3.39. The molecule has 2 aromatic rings. The summed E-state index contributed by atoms with van der Waals surface area (Å²) in [7, 11) is 0. The number of hydrogen-bond acceptors (Lipinski definition) is 3. The molecule has 30 heavy (non-hydrogen) atoms. The summed E-state index contributed by atoms with van der Waals surface area (Å²) in [5.74, 6) is 0.339. The van der Waals surface area contributed by atoms with Gasteiger partial charge in [-0.15, -0.1) is 12.4 Å². The SMILES string of the molecule is Cl.O=C(c1n[nH]c2c1CNCC2)N1C[C@H]2C[C@@H](c3ccccc3C(F)(F)F)C[C@H]2C1. The molecule has 2 aliphatic heterocycles. The number of nitrogens with zero attached hydrogens (tertiary/aromatic N) is 2. The molecule has 1 aliphatic carbocycles. The smallest absolute Gasteiger partial charge is 0.337 e. The van der Waals surface area contributed by atoms with E-state index in [1.165, 1.54) is 12.1 Å². The van der Waals surface area contributed by atoms with E-state index < -0.39 is 11.7 Å². The average molecular weight is 441 g/mol. The number of rotatable bonds is 2. The third-order valence-electron chi connectivity index (χ3n) is 6.75. The molecular formula is C21H24ClF3N4O. The quantitative estimate of drug-likeness (QED) is 0.747. The zero-order valence-electron chi connectivity index (χ0n) is 16.3. The van der Waals surface area contributed by atoms with E-state index in [2.05, 4.69) is 15.5 Å². The summed E-state index contributed by atoms with van der Waals surface area (Å²) in [6.07, 6.45) is -2.10. The molecule has 1 saturated heterocycles. The predicted octanol–water partition coefficient (Wildman–Crippen LogP) is 3.76. The number of H-pyrrole nitrogens is 1. The number of amides is 1. The van der Waals surface area contributed by atoms with Crippen LogP contribution in [-0.4, -0.2) is 40.6 Å². The molecule has 1 aromatic heterocycles. The third kappa shape index (κ3) is 3.60. The van der Waals surface area contributed by atoms with Gasteiger partial charge in [0.1, 0.15) is 0 Å². The van der Waals surface area contributed by atoms with E-state index in [9.17, 15) is 18.0 Å². The second kappa shape index (κ2) is 7.89. The molecule has 3 heterocycles. The molecule has 0 radical (unpaired) electrons. The van der Waals surface area contributed by atoms with Crippen LogP contribution in [0.1, 0.15) is 51.6 Å². The lowest BCUT2D eigenvalue weighted by atomic mass is 9.91. The number of fused-ring (bicyclic) bond motifs is 2. The number of carbonyl (C=O) groups is 1. The highest BCUT2D eigenvalue weighted by Gasteiger charge is 2.45. The van der Waals surface area contributed by atoms with Crippen molar-refractivity contribution in [1.29, 1.82) is 0 Å². The lowest BCUT2D eigenvalue weighted by Crippen LogP contribution is -2.32. The number of nitrogens with one attached hydrogen (secondary N) is 2. The normalized spacial score (nSPS) is 25.6. The van der Waals surface area contributed by atoms with Gasteiger partial charge in [0.05, 0.1) is 5.56 Å². The second-order valence-electron chi connectivity index (χ2n) is 8.44. The molecule has 1 saturated carbocycles. The van der Waals surface area contributed by atoms with Gasteiger partial charge in [-0.2, -0.15) is 18.3 Å². The van der Waals surface area contributed by atoms with E-state index in [4.69, 9.17) is 0 Å². The summed E-state index contributed by atoms with van der Waals surface area (Å²) in [6.45, 7) is 2.72. The topological polar surface area (TPSA) is 61.0 Å². The second-order valence-corrected chi connectivity index (χ2v) is 8.44. The van der Waals surface area contributed by atoms with Crippen molar-refractivity contribution in [2.75, 3.05) is 19.6 Å². The Bertz CT molecular complexity index is 931. The van der Waals surface area contributed by atoms with Gasteiger partial charge in [-0.1, -0.05) is 18.2 Å². The van der Waals surface area contributed by atoms with Crippen LogP contribution in [0.5, 0.6) is 0 Å².